The van der Waals surface area contributed by atoms with Crippen molar-refractivity contribution in [2.24, 2.45) is 0 Å². The maximum absolute atomic E-state index is 12.2. The number of H-pyrrole nitrogens is 1. The molecule has 4 nitrogen and oxygen atoms in total. The Bertz CT molecular complexity index is 691. The van der Waals surface area contributed by atoms with Crippen molar-refractivity contribution in [2.75, 3.05) is 0 Å². The molecule has 0 unspecified atom stereocenters. The number of hydrogen-bond donors (Lipinski definition) is 1. The standard InChI is InChI=1S/C14H10N2O2/c1-9-12(6-7-13(17)16-9)14(18)11-4-2-10(8-15)3-5-11/h2-7H,1H3,(H,16,17). The maximum Gasteiger partial charge on any atom is 0.248 e. The molecule has 2 rings (SSSR count). The number of nitrogens with zero attached hydrogens (tertiary/aromatic N) is 1. The van der Waals surface area contributed by atoms with Crippen LogP contribution in [0.25, 0.3) is 0 Å². The van der Waals surface area contributed by atoms with Gasteiger partial charge in [0.1, 0.15) is 0 Å². The van der Waals surface area contributed by atoms with Gasteiger partial charge in [-0.05, 0) is 37.3 Å². The molecule has 0 aliphatic carbocycles. The number of hydrogen-bond acceptors (Lipinski definition) is 3. The summed E-state index contributed by atoms with van der Waals surface area (Å²) in [5.74, 6) is -0.173. The summed E-state index contributed by atoms with van der Waals surface area (Å²) in [6.07, 6.45) is 0. The van der Waals surface area contributed by atoms with E-state index in [2.05, 4.69) is 4.98 Å². The SMILES string of the molecule is Cc1[nH]c(=O)ccc1C(=O)c1ccc(C#N)cc1. The molecular formula is C14H10N2O2. The van der Waals surface area contributed by atoms with E-state index in [4.69, 9.17) is 5.26 Å². The third kappa shape index (κ3) is 2.20. The van der Waals surface area contributed by atoms with Crippen molar-refractivity contribution in [3.63, 3.8) is 0 Å². The molecular weight excluding hydrogens is 228 g/mol. The normalized spacial score (nSPS) is 9.78. The number of pyridine rings is 1. The number of aromatic nitrogens is 1. The van der Waals surface area contributed by atoms with E-state index in [1.807, 2.05) is 6.07 Å². The number of aromatic amines is 1. The number of rotatable bonds is 2. The molecule has 2 aromatic rings. The molecule has 1 aromatic carbocycles. The second-order valence-corrected chi connectivity index (χ2v) is 3.88. The van der Waals surface area contributed by atoms with E-state index in [0.29, 0.717) is 22.4 Å². The van der Waals surface area contributed by atoms with Gasteiger partial charge in [-0.2, -0.15) is 5.26 Å². The van der Waals surface area contributed by atoms with Crippen LogP contribution in [0.4, 0.5) is 0 Å². The topological polar surface area (TPSA) is 73.7 Å². The highest BCUT2D eigenvalue weighted by molar-refractivity contribution is 6.09. The minimum Gasteiger partial charge on any atom is -0.326 e. The lowest BCUT2D eigenvalue weighted by atomic mass is 10.0. The molecule has 88 valence electrons. The Morgan fingerprint density at radius 2 is 1.83 bits per heavy atom. The van der Waals surface area contributed by atoms with Gasteiger partial charge in [-0.1, -0.05) is 0 Å². The molecule has 0 aliphatic rings. The van der Waals surface area contributed by atoms with Crippen LogP contribution >= 0.6 is 0 Å². The van der Waals surface area contributed by atoms with E-state index >= 15 is 0 Å². The zero-order valence-corrected chi connectivity index (χ0v) is 9.73. The van der Waals surface area contributed by atoms with Gasteiger partial charge in [0, 0.05) is 22.9 Å². The number of aryl methyl sites for hydroxylation is 1. The van der Waals surface area contributed by atoms with Gasteiger partial charge in [-0.15, -0.1) is 0 Å². The Morgan fingerprint density at radius 1 is 1.17 bits per heavy atom. The van der Waals surface area contributed by atoms with Crippen molar-refractivity contribution in [1.82, 2.24) is 4.98 Å². The fourth-order valence-electron chi connectivity index (χ4n) is 1.68. The van der Waals surface area contributed by atoms with Crippen LogP contribution in [0, 0.1) is 18.3 Å². The minimum atomic E-state index is -0.233. The van der Waals surface area contributed by atoms with E-state index in [0.717, 1.165) is 0 Å². The summed E-state index contributed by atoms with van der Waals surface area (Å²) in [5, 5.41) is 8.68. The van der Waals surface area contributed by atoms with Crippen LogP contribution in [0.5, 0.6) is 0 Å². The third-order valence-electron chi connectivity index (χ3n) is 2.64. The van der Waals surface area contributed by atoms with E-state index < -0.39 is 0 Å². The average molecular weight is 238 g/mol. The van der Waals surface area contributed by atoms with Crippen LogP contribution in [0.3, 0.4) is 0 Å². The third-order valence-corrected chi connectivity index (χ3v) is 2.64. The molecule has 18 heavy (non-hydrogen) atoms. The molecule has 0 radical (unpaired) electrons. The number of carbonyl (C=O) groups excluding carboxylic acids is 1. The molecule has 0 spiro atoms. The Morgan fingerprint density at radius 3 is 2.39 bits per heavy atom. The van der Waals surface area contributed by atoms with Crippen LogP contribution < -0.4 is 5.56 Å². The Labute approximate surface area is 104 Å². The number of nitrogens with one attached hydrogen (secondary N) is 1. The molecule has 0 fully saturated rings. The fraction of sp³-hybridized carbons (Fsp3) is 0.0714. The molecule has 0 saturated carbocycles. The number of benzene rings is 1. The zero-order valence-electron chi connectivity index (χ0n) is 9.73. The first-order chi connectivity index (χ1) is 8.61. The van der Waals surface area contributed by atoms with Crippen LogP contribution in [0.15, 0.2) is 41.2 Å². The Kier molecular flexibility index (Phi) is 3.07. The van der Waals surface area contributed by atoms with Gasteiger partial charge in [0.15, 0.2) is 5.78 Å². The smallest absolute Gasteiger partial charge is 0.248 e. The second-order valence-electron chi connectivity index (χ2n) is 3.88. The monoisotopic (exact) mass is 238 g/mol. The minimum absolute atomic E-state index is 0.173. The molecule has 0 aliphatic heterocycles. The molecule has 1 N–H and O–H groups in total. The Hall–Kier alpha value is -2.67. The zero-order chi connectivity index (χ0) is 13.1. The molecule has 1 heterocycles. The molecule has 0 bridgehead atoms. The summed E-state index contributed by atoms with van der Waals surface area (Å²) in [6, 6.07) is 11.2. The predicted molar refractivity (Wildman–Crippen MR) is 66.4 cm³/mol. The number of nitriles is 1. The van der Waals surface area contributed by atoms with Gasteiger partial charge >= 0.3 is 0 Å². The Balaban J connectivity index is 2.42. The quantitative estimate of drug-likeness (QED) is 0.810. The van der Waals surface area contributed by atoms with E-state index in [1.54, 1.807) is 31.2 Å². The fourth-order valence-corrected chi connectivity index (χ4v) is 1.68. The highest BCUT2D eigenvalue weighted by Gasteiger charge is 2.11. The average Bonchev–Trinajstić information content (AvgIpc) is 2.38. The molecule has 4 heteroatoms. The second kappa shape index (κ2) is 4.68. The molecule has 0 saturated heterocycles. The van der Waals surface area contributed by atoms with Crippen molar-refractivity contribution in [3.05, 3.63) is 69.1 Å². The summed E-state index contributed by atoms with van der Waals surface area (Å²) >= 11 is 0. The lowest BCUT2D eigenvalue weighted by molar-refractivity contribution is 0.103. The van der Waals surface area contributed by atoms with Crippen molar-refractivity contribution < 1.29 is 4.79 Å². The van der Waals surface area contributed by atoms with E-state index in [9.17, 15) is 9.59 Å². The highest BCUT2D eigenvalue weighted by atomic mass is 16.1. The predicted octanol–water partition coefficient (Wildman–Crippen LogP) is 1.79. The summed E-state index contributed by atoms with van der Waals surface area (Å²) in [6.45, 7) is 1.68. The first-order valence-electron chi connectivity index (χ1n) is 5.36. The van der Waals surface area contributed by atoms with Crippen molar-refractivity contribution in [2.45, 2.75) is 6.92 Å². The lowest BCUT2D eigenvalue weighted by Crippen LogP contribution is -2.12. The van der Waals surface area contributed by atoms with Crippen molar-refractivity contribution in [3.8, 4) is 6.07 Å². The molecule has 1 aromatic heterocycles. The first-order valence-corrected chi connectivity index (χ1v) is 5.36. The van der Waals surface area contributed by atoms with Crippen LogP contribution in [-0.4, -0.2) is 10.8 Å². The number of carbonyl (C=O) groups is 1. The van der Waals surface area contributed by atoms with Gasteiger partial charge in [0.2, 0.25) is 5.56 Å². The van der Waals surface area contributed by atoms with Gasteiger partial charge in [-0.3, -0.25) is 9.59 Å². The van der Waals surface area contributed by atoms with Gasteiger partial charge in [0.25, 0.3) is 0 Å². The maximum atomic E-state index is 12.2. The van der Waals surface area contributed by atoms with Crippen molar-refractivity contribution in [1.29, 1.82) is 5.26 Å². The van der Waals surface area contributed by atoms with Crippen LogP contribution in [-0.2, 0) is 0 Å². The summed E-state index contributed by atoms with van der Waals surface area (Å²) in [4.78, 5) is 25.8. The van der Waals surface area contributed by atoms with Gasteiger partial charge in [0.05, 0.1) is 11.6 Å². The molecule has 0 atom stereocenters. The summed E-state index contributed by atoms with van der Waals surface area (Å²) in [5.41, 5.74) is 1.76. The van der Waals surface area contributed by atoms with Crippen LogP contribution in [0.1, 0.15) is 27.2 Å². The van der Waals surface area contributed by atoms with Gasteiger partial charge in [-0.25, -0.2) is 0 Å². The summed E-state index contributed by atoms with van der Waals surface area (Å²) < 4.78 is 0. The van der Waals surface area contributed by atoms with Crippen molar-refractivity contribution >= 4 is 5.78 Å². The largest absolute Gasteiger partial charge is 0.326 e. The first kappa shape index (κ1) is 11.8. The van der Waals surface area contributed by atoms with E-state index in [1.165, 1.54) is 12.1 Å². The summed E-state index contributed by atoms with van der Waals surface area (Å²) in [7, 11) is 0. The van der Waals surface area contributed by atoms with E-state index in [-0.39, 0.29) is 11.3 Å². The highest BCUT2D eigenvalue weighted by Crippen LogP contribution is 2.12. The van der Waals surface area contributed by atoms with Crippen LogP contribution in [0.2, 0.25) is 0 Å². The lowest BCUT2D eigenvalue weighted by Gasteiger charge is -2.04. The molecule has 0 amide bonds. The number of ketones is 1. The van der Waals surface area contributed by atoms with Gasteiger partial charge < -0.3 is 4.98 Å².